The van der Waals surface area contributed by atoms with Crippen LogP contribution in [0.2, 0.25) is 0 Å². The molecule has 3 rings (SSSR count). The Kier molecular flexibility index (Phi) is 6.29. The molecule has 30 heavy (non-hydrogen) atoms. The van der Waals surface area contributed by atoms with Gasteiger partial charge in [0.25, 0.3) is 11.7 Å². The number of ether oxygens (including phenoxy) is 1. The van der Waals surface area contributed by atoms with Crippen molar-refractivity contribution in [1.29, 1.82) is 0 Å². The number of carbonyl (C=O) groups is 2. The van der Waals surface area contributed by atoms with Gasteiger partial charge in [-0.05, 0) is 43.4 Å². The van der Waals surface area contributed by atoms with Gasteiger partial charge in [0.1, 0.15) is 0 Å². The van der Waals surface area contributed by atoms with Crippen LogP contribution in [0.3, 0.4) is 0 Å². The molecule has 3 N–H and O–H groups in total. The number of para-hydroxylation sites is 1. The fraction of sp³-hybridized carbons (Fsp3) is 0.381. The van der Waals surface area contributed by atoms with E-state index in [1.165, 1.54) is 0 Å². The average molecular weight is 410 g/mol. The van der Waals surface area contributed by atoms with Gasteiger partial charge < -0.3 is 15.8 Å². The predicted molar refractivity (Wildman–Crippen MR) is 113 cm³/mol. The van der Waals surface area contributed by atoms with Gasteiger partial charge in [-0.3, -0.25) is 9.59 Å². The summed E-state index contributed by atoms with van der Waals surface area (Å²) in [6.45, 7) is 7.48. The summed E-state index contributed by atoms with van der Waals surface area (Å²) in [5, 5.41) is 6.92. The zero-order chi connectivity index (χ0) is 21.8. The summed E-state index contributed by atoms with van der Waals surface area (Å²) in [5.74, 6) is 0.00453. The minimum absolute atomic E-state index is 0.120. The van der Waals surface area contributed by atoms with Crippen LogP contribution in [0.1, 0.15) is 48.7 Å². The number of rotatable bonds is 7. The molecule has 0 aliphatic heterocycles. The van der Waals surface area contributed by atoms with Gasteiger partial charge in [0.05, 0.1) is 0 Å². The van der Waals surface area contributed by atoms with Crippen LogP contribution in [0.25, 0.3) is 5.78 Å². The van der Waals surface area contributed by atoms with Gasteiger partial charge in [0, 0.05) is 23.5 Å². The Balaban J connectivity index is 1.56. The molecule has 0 fully saturated rings. The van der Waals surface area contributed by atoms with E-state index in [1.807, 2.05) is 38.1 Å². The molecular formula is C21H26N6O3. The summed E-state index contributed by atoms with van der Waals surface area (Å²) in [4.78, 5) is 32.8. The van der Waals surface area contributed by atoms with E-state index in [0.29, 0.717) is 12.2 Å². The monoisotopic (exact) mass is 410 g/mol. The second kappa shape index (κ2) is 8.89. The summed E-state index contributed by atoms with van der Waals surface area (Å²) in [5.41, 5.74) is 9.84. The van der Waals surface area contributed by atoms with Gasteiger partial charge in [-0.2, -0.15) is 9.50 Å². The molecule has 0 radical (unpaired) electrons. The third-order valence-corrected chi connectivity index (χ3v) is 4.87. The van der Waals surface area contributed by atoms with Crippen molar-refractivity contribution in [2.45, 2.75) is 46.5 Å². The highest BCUT2D eigenvalue weighted by Crippen LogP contribution is 2.23. The fourth-order valence-electron chi connectivity index (χ4n) is 3.33. The van der Waals surface area contributed by atoms with E-state index in [2.05, 4.69) is 34.2 Å². The zero-order valence-electron chi connectivity index (χ0n) is 17.6. The number of amides is 1. The first-order valence-electron chi connectivity index (χ1n) is 9.79. The van der Waals surface area contributed by atoms with Crippen LogP contribution >= 0.6 is 0 Å². The molecule has 1 aromatic carbocycles. The third-order valence-electron chi connectivity index (χ3n) is 4.87. The Morgan fingerprint density at radius 3 is 2.67 bits per heavy atom. The molecule has 2 heterocycles. The van der Waals surface area contributed by atoms with Crippen molar-refractivity contribution in [3.63, 3.8) is 0 Å². The maximum atomic E-state index is 12.2. The van der Waals surface area contributed by atoms with Crippen LogP contribution in [0.4, 0.5) is 11.6 Å². The summed E-state index contributed by atoms with van der Waals surface area (Å²) in [6.07, 6.45) is 0.534. The minimum Gasteiger partial charge on any atom is -0.456 e. The number of benzene rings is 1. The van der Waals surface area contributed by atoms with E-state index in [4.69, 9.17) is 10.5 Å². The lowest BCUT2D eigenvalue weighted by atomic mass is 10.0. The number of nitrogen functional groups attached to an aromatic ring is 1. The van der Waals surface area contributed by atoms with Crippen LogP contribution in [0.5, 0.6) is 0 Å². The predicted octanol–water partition coefficient (Wildman–Crippen LogP) is 2.56. The molecule has 0 bridgehead atoms. The number of hydrogen-bond donors (Lipinski definition) is 2. The van der Waals surface area contributed by atoms with Crippen molar-refractivity contribution in [2.24, 2.45) is 0 Å². The molecule has 1 amide bonds. The van der Waals surface area contributed by atoms with Gasteiger partial charge in [-0.25, -0.2) is 4.98 Å². The summed E-state index contributed by atoms with van der Waals surface area (Å²) < 4.78 is 6.70. The second-order valence-corrected chi connectivity index (χ2v) is 7.39. The van der Waals surface area contributed by atoms with E-state index >= 15 is 0 Å². The van der Waals surface area contributed by atoms with Crippen LogP contribution in [-0.4, -0.2) is 38.1 Å². The molecular weight excluding hydrogens is 384 g/mol. The van der Waals surface area contributed by atoms with Crippen LogP contribution < -0.4 is 11.1 Å². The van der Waals surface area contributed by atoms with Gasteiger partial charge in [-0.15, -0.1) is 5.10 Å². The smallest absolute Gasteiger partial charge is 0.306 e. The van der Waals surface area contributed by atoms with Gasteiger partial charge in [0.2, 0.25) is 5.95 Å². The molecule has 0 aliphatic rings. The topological polar surface area (TPSA) is 124 Å². The van der Waals surface area contributed by atoms with Gasteiger partial charge in [0.15, 0.2) is 6.61 Å². The van der Waals surface area contributed by atoms with Crippen LogP contribution in [0.15, 0.2) is 24.3 Å². The van der Waals surface area contributed by atoms with E-state index in [1.54, 1.807) is 4.52 Å². The number of nitrogens with one attached hydrogen (secondary N) is 1. The van der Waals surface area contributed by atoms with E-state index < -0.39 is 5.97 Å². The number of esters is 1. The summed E-state index contributed by atoms with van der Waals surface area (Å²) >= 11 is 0. The van der Waals surface area contributed by atoms with E-state index in [-0.39, 0.29) is 30.8 Å². The first-order valence-corrected chi connectivity index (χ1v) is 9.79. The number of aromatic nitrogens is 4. The molecule has 0 atom stereocenters. The molecule has 2 aromatic heterocycles. The Bertz CT molecular complexity index is 1090. The number of nitrogens with two attached hydrogens (primary N) is 1. The van der Waals surface area contributed by atoms with Crippen molar-refractivity contribution in [3.8, 4) is 0 Å². The number of aryl methyl sites for hydroxylation is 2. The number of hydrogen-bond acceptors (Lipinski definition) is 7. The Hall–Kier alpha value is -3.49. The van der Waals surface area contributed by atoms with Crippen molar-refractivity contribution in [1.82, 2.24) is 19.6 Å². The quantitative estimate of drug-likeness (QED) is 0.574. The highest BCUT2D eigenvalue weighted by molar-refractivity contribution is 5.93. The number of fused-ring (bicyclic) bond motifs is 1. The van der Waals surface area contributed by atoms with Crippen LogP contribution in [-0.2, 0) is 20.7 Å². The lowest BCUT2D eigenvalue weighted by molar-refractivity contribution is -0.147. The first kappa shape index (κ1) is 21.2. The molecule has 0 unspecified atom stereocenters. The van der Waals surface area contributed by atoms with Crippen molar-refractivity contribution < 1.29 is 14.3 Å². The molecule has 3 aromatic rings. The standard InChI is InChI=1S/C21H26N6O3/c1-12(2)15-7-5-6-8-17(15)24-18(28)11-30-19(29)10-9-16-13(3)23-21-25-20(22)26-27(21)14(16)4/h5-8,12H,9-11H2,1-4H3,(H2,22,26)(H,24,28). The molecule has 0 saturated heterocycles. The fourth-order valence-corrected chi connectivity index (χ4v) is 3.33. The second-order valence-electron chi connectivity index (χ2n) is 7.39. The molecule has 0 saturated carbocycles. The highest BCUT2D eigenvalue weighted by atomic mass is 16.5. The SMILES string of the molecule is Cc1nc2nc(N)nn2c(C)c1CCC(=O)OCC(=O)Nc1ccccc1C(C)C. The Morgan fingerprint density at radius 2 is 1.93 bits per heavy atom. The van der Waals surface area contributed by atoms with Crippen LogP contribution in [0, 0.1) is 13.8 Å². The Morgan fingerprint density at radius 1 is 1.20 bits per heavy atom. The molecule has 158 valence electrons. The lowest BCUT2D eigenvalue weighted by Crippen LogP contribution is -2.22. The number of carbonyl (C=O) groups excluding carboxylic acids is 2. The summed E-state index contributed by atoms with van der Waals surface area (Å²) in [6, 6.07) is 7.58. The first-order chi connectivity index (χ1) is 14.3. The Labute approximate surface area is 174 Å². The molecule has 0 spiro atoms. The number of nitrogens with zero attached hydrogens (tertiary/aromatic N) is 4. The van der Waals surface area contributed by atoms with Gasteiger partial charge >= 0.3 is 5.97 Å². The maximum Gasteiger partial charge on any atom is 0.306 e. The van der Waals surface area contributed by atoms with Gasteiger partial charge in [-0.1, -0.05) is 32.0 Å². The van der Waals surface area contributed by atoms with E-state index in [9.17, 15) is 9.59 Å². The van der Waals surface area contributed by atoms with Crippen molar-refractivity contribution in [2.75, 3.05) is 17.7 Å². The number of anilines is 2. The van der Waals surface area contributed by atoms with E-state index in [0.717, 1.165) is 28.2 Å². The largest absolute Gasteiger partial charge is 0.456 e. The summed E-state index contributed by atoms with van der Waals surface area (Å²) in [7, 11) is 0. The maximum absolute atomic E-state index is 12.2. The molecule has 9 nitrogen and oxygen atoms in total. The normalized spacial score (nSPS) is 11.1. The molecule has 9 heteroatoms. The minimum atomic E-state index is -0.459. The van der Waals surface area contributed by atoms with Crippen molar-refractivity contribution >= 4 is 29.3 Å². The zero-order valence-corrected chi connectivity index (χ0v) is 17.6. The highest BCUT2D eigenvalue weighted by Gasteiger charge is 2.15. The average Bonchev–Trinajstić information content (AvgIpc) is 3.06. The molecule has 0 aliphatic carbocycles. The van der Waals surface area contributed by atoms with Crippen molar-refractivity contribution in [3.05, 3.63) is 46.8 Å². The lowest BCUT2D eigenvalue weighted by Gasteiger charge is -2.14. The third kappa shape index (κ3) is 4.73.